The van der Waals surface area contributed by atoms with Crippen molar-refractivity contribution >= 4 is 17.4 Å². The molecule has 0 radical (unpaired) electrons. The minimum absolute atomic E-state index is 0.0404. The third-order valence-corrected chi connectivity index (χ3v) is 5.62. The number of nitrogens with one attached hydrogen (secondary N) is 2. The summed E-state index contributed by atoms with van der Waals surface area (Å²) in [5, 5.41) is 6.56. The first kappa shape index (κ1) is 14.9. The highest BCUT2D eigenvalue weighted by atomic mass is 16.2. The van der Waals surface area contributed by atoms with Gasteiger partial charge in [-0.15, -0.1) is 0 Å². The Balaban J connectivity index is 1.35. The molecule has 1 saturated carbocycles. The van der Waals surface area contributed by atoms with Gasteiger partial charge in [-0.05, 0) is 50.2 Å². The number of aromatic nitrogens is 1. The number of nitrogens with zero attached hydrogens (tertiary/aromatic N) is 2. The average molecular weight is 314 g/mol. The topological polar surface area (TPSA) is 57.3 Å². The zero-order valence-electron chi connectivity index (χ0n) is 13.6. The summed E-state index contributed by atoms with van der Waals surface area (Å²) in [6.45, 7) is 2.18. The van der Waals surface area contributed by atoms with E-state index in [1.54, 1.807) is 6.20 Å². The lowest BCUT2D eigenvalue weighted by Gasteiger charge is -2.24. The van der Waals surface area contributed by atoms with Crippen LogP contribution in [-0.4, -0.2) is 36.1 Å². The highest BCUT2D eigenvalue weighted by Gasteiger charge is 2.38. The van der Waals surface area contributed by atoms with Crippen molar-refractivity contribution < 1.29 is 4.79 Å². The molecule has 3 fully saturated rings. The second kappa shape index (κ2) is 6.48. The summed E-state index contributed by atoms with van der Waals surface area (Å²) < 4.78 is 0. The molecule has 3 unspecified atom stereocenters. The normalized spacial score (nSPS) is 30.3. The highest BCUT2D eigenvalue weighted by Crippen LogP contribution is 2.33. The van der Waals surface area contributed by atoms with Crippen LogP contribution in [0, 0.1) is 5.92 Å². The molecule has 3 heterocycles. The van der Waals surface area contributed by atoms with Gasteiger partial charge in [-0.1, -0.05) is 12.8 Å². The van der Waals surface area contributed by atoms with E-state index in [1.165, 1.54) is 38.5 Å². The fourth-order valence-corrected chi connectivity index (χ4v) is 4.34. The molecule has 2 saturated heterocycles. The molecule has 5 heteroatoms. The first-order chi connectivity index (χ1) is 11.3. The first-order valence-electron chi connectivity index (χ1n) is 9.07. The standard InChI is InChI=1S/C18H26N4O/c23-18(16-11-13-5-1-2-6-15(13)21-16)20-14-7-8-17(19-12-14)22-9-3-4-10-22/h7-8,12-13,15-16,21H,1-6,9-11H2,(H,20,23). The third kappa shape index (κ3) is 3.20. The molecule has 124 valence electrons. The van der Waals surface area contributed by atoms with Crippen molar-refractivity contribution in [1.82, 2.24) is 10.3 Å². The monoisotopic (exact) mass is 314 g/mol. The number of pyridine rings is 1. The van der Waals surface area contributed by atoms with E-state index >= 15 is 0 Å². The highest BCUT2D eigenvalue weighted by molar-refractivity contribution is 5.95. The van der Waals surface area contributed by atoms with Gasteiger partial charge in [0.05, 0.1) is 17.9 Å². The van der Waals surface area contributed by atoms with E-state index in [9.17, 15) is 4.79 Å². The van der Waals surface area contributed by atoms with Crippen molar-refractivity contribution in [2.45, 2.75) is 57.0 Å². The number of hydrogen-bond donors (Lipinski definition) is 2. The largest absolute Gasteiger partial charge is 0.357 e. The zero-order chi connectivity index (χ0) is 15.6. The van der Waals surface area contributed by atoms with E-state index < -0.39 is 0 Å². The van der Waals surface area contributed by atoms with Crippen molar-refractivity contribution in [2.24, 2.45) is 5.92 Å². The SMILES string of the molecule is O=C(Nc1ccc(N2CCCC2)nc1)C1CC2CCCCC2N1. The molecular formula is C18H26N4O. The Morgan fingerprint density at radius 1 is 1.17 bits per heavy atom. The minimum atomic E-state index is -0.0404. The van der Waals surface area contributed by atoms with Crippen LogP contribution in [0.4, 0.5) is 11.5 Å². The van der Waals surface area contributed by atoms with Crippen LogP contribution in [0.25, 0.3) is 0 Å². The second-order valence-corrected chi connectivity index (χ2v) is 7.19. The molecule has 1 aliphatic carbocycles. The summed E-state index contributed by atoms with van der Waals surface area (Å²) in [4.78, 5) is 19.3. The Hall–Kier alpha value is -1.62. The van der Waals surface area contributed by atoms with Gasteiger partial charge in [0, 0.05) is 19.1 Å². The van der Waals surface area contributed by atoms with Gasteiger partial charge in [0.25, 0.3) is 0 Å². The maximum absolute atomic E-state index is 12.5. The molecule has 0 bridgehead atoms. The number of carbonyl (C=O) groups is 1. The average Bonchev–Trinajstić information content (AvgIpc) is 3.25. The lowest BCUT2D eigenvalue weighted by atomic mass is 9.85. The van der Waals surface area contributed by atoms with Crippen LogP contribution in [-0.2, 0) is 4.79 Å². The Morgan fingerprint density at radius 3 is 2.74 bits per heavy atom. The summed E-state index contributed by atoms with van der Waals surface area (Å²) in [5.41, 5.74) is 0.801. The molecule has 23 heavy (non-hydrogen) atoms. The van der Waals surface area contributed by atoms with Crippen molar-refractivity contribution in [3.05, 3.63) is 18.3 Å². The lowest BCUT2D eigenvalue weighted by Crippen LogP contribution is -2.39. The fourth-order valence-electron chi connectivity index (χ4n) is 4.34. The van der Waals surface area contributed by atoms with Crippen molar-refractivity contribution in [1.29, 1.82) is 0 Å². The van der Waals surface area contributed by atoms with Gasteiger partial charge in [0.1, 0.15) is 5.82 Å². The van der Waals surface area contributed by atoms with E-state index in [-0.39, 0.29) is 11.9 Å². The van der Waals surface area contributed by atoms with Crippen LogP contribution < -0.4 is 15.5 Å². The van der Waals surface area contributed by atoms with E-state index in [4.69, 9.17) is 0 Å². The van der Waals surface area contributed by atoms with Crippen LogP contribution in [0.3, 0.4) is 0 Å². The third-order valence-electron chi connectivity index (χ3n) is 5.62. The van der Waals surface area contributed by atoms with E-state index in [2.05, 4.69) is 20.5 Å². The number of hydrogen-bond acceptors (Lipinski definition) is 4. The molecular weight excluding hydrogens is 288 g/mol. The molecule has 2 N–H and O–H groups in total. The second-order valence-electron chi connectivity index (χ2n) is 7.19. The molecule has 1 aromatic heterocycles. The zero-order valence-corrected chi connectivity index (χ0v) is 13.6. The predicted molar refractivity (Wildman–Crippen MR) is 91.6 cm³/mol. The van der Waals surface area contributed by atoms with Crippen LogP contribution in [0.1, 0.15) is 44.9 Å². The Kier molecular flexibility index (Phi) is 4.21. The number of rotatable bonds is 3. The maximum atomic E-state index is 12.5. The van der Waals surface area contributed by atoms with Gasteiger partial charge < -0.3 is 15.5 Å². The number of carbonyl (C=O) groups excluding carboxylic acids is 1. The van der Waals surface area contributed by atoms with Gasteiger partial charge in [-0.25, -0.2) is 4.98 Å². The number of amides is 1. The predicted octanol–water partition coefficient (Wildman–Crippen LogP) is 2.54. The van der Waals surface area contributed by atoms with E-state index in [0.29, 0.717) is 12.0 Å². The number of anilines is 2. The lowest BCUT2D eigenvalue weighted by molar-refractivity contribution is -0.117. The molecule has 4 rings (SSSR count). The Bertz CT molecular complexity index is 539. The first-order valence-corrected chi connectivity index (χ1v) is 9.07. The minimum Gasteiger partial charge on any atom is -0.357 e. The summed E-state index contributed by atoms with van der Waals surface area (Å²) in [5.74, 6) is 1.80. The molecule has 0 aromatic carbocycles. The molecule has 2 aliphatic heterocycles. The van der Waals surface area contributed by atoms with Crippen LogP contribution in [0.2, 0.25) is 0 Å². The molecule has 1 aromatic rings. The summed E-state index contributed by atoms with van der Waals surface area (Å²) >= 11 is 0. The van der Waals surface area contributed by atoms with Gasteiger partial charge in [-0.3, -0.25) is 4.79 Å². The van der Waals surface area contributed by atoms with E-state index in [0.717, 1.165) is 31.0 Å². The summed E-state index contributed by atoms with van der Waals surface area (Å²) in [6.07, 6.45) is 10.4. The molecule has 5 nitrogen and oxygen atoms in total. The van der Waals surface area contributed by atoms with Crippen LogP contribution >= 0.6 is 0 Å². The summed E-state index contributed by atoms with van der Waals surface area (Å²) in [7, 11) is 0. The van der Waals surface area contributed by atoms with Crippen LogP contribution in [0.5, 0.6) is 0 Å². The fraction of sp³-hybridized carbons (Fsp3) is 0.667. The van der Waals surface area contributed by atoms with Crippen molar-refractivity contribution in [2.75, 3.05) is 23.3 Å². The molecule has 3 atom stereocenters. The maximum Gasteiger partial charge on any atom is 0.241 e. The molecule has 1 amide bonds. The van der Waals surface area contributed by atoms with Gasteiger partial charge >= 0.3 is 0 Å². The van der Waals surface area contributed by atoms with Gasteiger partial charge in [0.15, 0.2) is 0 Å². The smallest absolute Gasteiger partial charge is 0.241 e. The van der Waals surface area contributed by atoms with Crippen molar-refractivity contribution in [3.63, 3.8) is 0 Å². The number of fused-ring (bicyclic) bond motifs is 1. The Morgan fingerprint density at radius 2 is 2.00 bits per heavy atom. The van der Waals surface area contributed by atoms with Crippen LogP contribution in [0.15, 0.2) is 18.3 Å². The van der Waals surface area contributed by atoms with Crippen molar-refractivity contribution in [3.8, 4) is 0 Å². The quantitative estimate of drug-likeness (QED) is 0.900. The molecule has 0 spiro atoms. The van der Waals surface area contributed by atoms with E-state index in [1.807, 2.05) is 12.1 Å². The van der Waals surface area contributed by atoms with Gasteiger partial charge in [-0.2, -0.15) is 0 Å². The Labute approximate surface area is 137 Å². The molecule has 3 aliphatic rings. The summed E-state index contributed by atoms with van der Waals surface area (Å²) in [6, 6.07) is 4.50. The van der Waals surface area contributed by atoms with Gasteiger partial charge in [0.2, 0.25) is 5.91 Å².